The van der Waals surface area contributed by atoms with Gasteiger partial charge in [-0.2, -0.15) is 0 Å². The molecule has 0 aromatic heterocycles. The summed E-state index contributed by atoms with van der Waals surface area (Å²) in [6.07, 6.45) is 0. The Bertz CT molecular complexity index is 777. The molecule has 0 radical (unpaired) electrons. The minimum atomic E-state index is -0.875. The molecular formula is C20H22F2N2O3. The van der Waals surface area contributed by atoms with Crippen LogP contribution in [0.15, 0.2) is 42.5 Å². The van der Waals surface area contributed by atoms with Crippen LogP contribution in [0.3, 0.4) is 0 Å². The van der Waals surface area contributed by atoms with Crippen molar-refractivity contribution in [2.24, 2.45) is 0 Å². The minimum absolute atomic E-state index is 0.0905. The van der Waals surface area contributed by atoms with Crippen molar-refractivity contribution in [2.75, 3.05) is 40.0 Å². The topological polar surface area (TPSA) is 50.8 Å². The van der Waals surface area contributed by atoms with E-state index in [1.165, 1.54) is 0 Å². The average molecular weight is 376 g/mol. The van der Waals surface area contributed by atoms with E-state index >= 15 is 0 Å². The summed E-state index contributed by atoms with van der Waals surface area (Å²) >= 11 is 0. The summed E-state index contributed by atoms with van der Waals surface area (Å²) in [5, 5.41) is 2.77. The molecule has 2 aromatic rings. The van der Waals surface area contributed by atoms with Gasteiger partial charge < -0.3 is 14.8 Å². The summed E-state index contributed by atoms with van der Waals surface area (Å²) < 4.78 is 37.5. The molecule has 0 spiro atoms. The standard InChI is InChI=1S/C20H22F2N2O3/c1-26-16-5-2-14(3-6-16)19(24-8-10-27-11-9-24)13-23-20(25)17-7-4-15(21)12-18(17)22/h2-7,12,19H,8-11,13H2,1H3,(H,23,25). The summed E-state index contributed by atoms with van der Waals surface area (Å²) in [6.45, 7) is 3.00. The summed E-state index contributed by atoms with van der Waals surface area (Å²) in [5.74, 6) is -1.41. The molecule has 0 bridgehead atoms. The van der Waals surface area contributed by atoms with Crippen molar-refractivity contribution < 1.29 is 23.0 Å². The van der Waals surface area contributed by atoms with Gasteiger partial charge >= 0.3 is 0 Å². The highest BCUT2D eigenvalue weighted by atomic mass is 19.1. The molecule has 1 aliphatic heterocycles. The number of rotatable bonds is 6. The van der Waals surface area contributed by atoms with Gasteiger partial charge in [-0.15, -0.1) is 0 Å². The van der Waals surface area contributed by atoms with E-state index in [4.69, 9.17) is 9.47 Å². The van der Waals surface area contributed by atoms with E-state index in [0.717, 1.165) is 36.5 Å². The van der Waals surface area contributed by atoms with E-state index in [2.05, 4.69) is 10.2 Å². The molecule has 1 fully saturated rings. The number of ether oxygens (including phenoxy) is 2. The lowest BCUT2D eigenvalue weighted by molar-refractivity contribution is 0.0162. The second-order valence-electron chi connectivity index (χ2n) is 6.27. The smallest absolute Gasteiger partial charge is 0.254 e. The highest BCUT2D eigenvalue weighted by Gasteiger charge is 2.24. The van der Waals surface area contributed by atoms with Crippen LogP contribution in [0.2, 0.25) is 0 Å². The van der Waals surface area contributed by atoms with Crippen LogP contribution >= 0.6 is 0 Å². The van der Waals surface area contributed by atoms with Gasteiger partial charge in [-0.05, 0) is 29.8 Å². The number of halogens is 2. The first-order valence-corrected chi connectivity index (χ1v) is 8.77. The maximum atomic E-state index is 13.8. The molecule has 0 aliphatic carbocycles. The molecule has 144 valence electrons. The van der Waals surface area contributed by atoms with Crippen molar-refractivity contribution in [3.63, 3.8) is 0 Å². The van der Waals surface area contributed by atoms with Gasteiger partial charge in [0, 0.05) is 25.7 Å². The molecule has 1 heterocycles. The summed E-state index contributed by atoms with van der Waals surface area (Å²) in [7, 11) is 1.60. The van der Waals surface area contributed by atoms with Gasteiger partial charge in [-0.1, -0.05) is 12.1 Å². The van der Waals surface area contributed by atoms with Crippen molar-refractivity contribution >= 4 is 5.91 Å². The number of nitrogens with one attached hydrogen (secondary N) is 1. The van der Waals surface area contributed by atoms with Gasteiger partial charge in [0.2, 0.25) is 0 Å². The molecular weight excluding hydrogens is 354 g/mol. The molecule has 0 saturated carbocycles. The Balaban J connectivity index is 1.75. The molecule has 7 heteroatoms. The quantitative estimate of drug-likeness (QED) is 0.842. The second-order valence-corrected chi connectivity index (χ2v) is 6.27. The van der Waals surface area contributed by atoms with E-state index in [1.54, 1.807) is 7.11 Å². The third-order valence-corrected chi connectivity index (χ3v) is 4.62. The van der Waals surface area contributed by atoms with Gasteiger partial charge in [0.1, 0.15) is 17.4 Å². The maximum Gasteiger partial charge on any atom is 0.254 e. The zero-order chi connectivity index (χ0) is 19.2. The van der Waals surface area contributed by atoms with Crippen molar-refractivity contribution in [1.29, 1.82) is 0 Å². The predicted octanol–water partition coefficient (Wildman–Crippen LogP) is 2.78. The Morgan fingerprint density at radius 2 is 1.89 bits per heavy atom. The van der Waals surface area contributed by atoms with Gasteiger partial charge in [0.25, 0.3) is 5.91 Å². The normalized spacial score (nSPS) is 16.0. The Morgan fingerprint density at radius 1 is 1.19 bits per heavy atom. The van der Waals surface area contributed by atoms with Crippen LogP contribution in [0.5, 0.6) is 5.75 Å². The molecule has 5 nitrogen and oxygen atoms in total. The predicted molar refractivity (Wildman–Crippen MR) is 96.8 cm³/mol. The lowest BCUT2D eigenvalue weighted by Crippen LogP contribution is -2.43. The largest absolute Gasteiger partial charge is 0.497 e. The van der Waals surface area contributed by atoms with E-state index in [0.29, 0.717) is 25.8 Å². The molecule has 2 aromatic carbocycles. The highest BCUT2D eigenvalue weighted by molar-refractivity contribution is 5.94. The number of methoxy groups -OCH3 is 1. The first-order chi connectivity index (χ1) is 13.1. The van der Waals surface area contributed by atoms with Crippen molar-refractivity contribution in [3.05, 3.63) is 65.2 Å². The van der Waals surface area contributed by atoms with Gasteiger partial charge in [0.15, 0.2) is 0 Å². The van der Waals surface area contributed by atoms with Crippen LogP contribution in [0, 0.1) is 11.6 Å². The van der Waals surface area contributed by atoms with Crippen molar-refractivity contribution in [2.45, 2.75) is 6.04 Å². The average Bonchev–Trinajstić information content (AvgIpc) is 2.69. The van der Waals surface area contributed by atoms with Crippen LogP contribution < -0.4 is 10.1 Å². The van der Waals surface area contributed by atoms with E-state index < -0.39 is 17.5 Å². The fourth-order valence-electron chi connectivity index (χ4n) is 3.13. The number of benzene rings is 2. The number of hydrogen-bond donors (Lipinski definition) is 1. The Morgan fingerprint density at radius 3 is 2.52 bits per heavy atom. The zero-order valence-electron chi connectivity index (χ0n) is 15.1. The lowest BCUT2D eigenvalue weighted by Gasteiger charge is -2.35. The van der Waals surface area contributed by atoms with Crippen LogP contribution in [0.25, 0.3) is 0 Å². The van der Waals surface area contributed by atoms with Crippen LogP contribution in [-0.2, 0) is 4.74 Å². The summed E-state index contributed by atoms with van der Waals surface area (Å²) in [4.78, 5) is 14.6. The molecule has 1 amide bonds. The summed E-state index contributed by atoms with van der Waals surface area (Å²) in [6, 6.07) is 10.5. The minimum Gasteiger partial charge on any atom is -0.497 e. The first kappa shape index (κ1) is 19.3. The Labute approximate surface area is 156 Å². The zero-order valence-corrected chi connectivity index (χ0v) is 15.1. The fourth-order valence-corrected chi connectivity index (χ4v) is 3.13. The lowest BCUT2D eigenvalue weighted by atomic mass is 10.0. The fraction of sp³-hybridized carbons (Fsp3) is 0.350. The first-order valence-electron chi connectivity index (χ1n) is 8.77. The van der Waals surface area contributed by atoms with Crippen LogP contribution in [0.1, 0.15) is 22.0 Å². The molecule has 1 unspecified atom stereocenters. The van der Waals surface area contributed by atoms with Crippen molar-refractivity contribution in [1.82, 2.24) is 10.2 Å². The van der Waals surface area contributed by atoms with Gasteiger partial charge in [-0.3, -0.25) is 9.69 Å². The molecule has 1 N–H and O–H groups in total. The van der Waals surface area contributed by atoms with Gasteiger partial charge in [0.05, 0.1) is 31.9 Å². The number of hydrogen-bond acceptors (Lipinski definition) is 4. The number of morpholine rings is 1. The monoisotopic (exact) mass is 376 g/mol. The molecule has 1 saturated heterocycles. The Kier molecular flexibility index (Phi) is 6.36. The Hall–Kier alpha value is -2.51. The number of nitrogens with zero attached hydrogens (tertiary/aromatic N) is 1. The molecule has 3 rings (SSSR count). The number of amides is 1. The maximum absolute atomic E-state index is 13.8. The summed E-state index contributed by atoms with van der Waals surface area (Å²) in [5.41, 5.74) is 0.837. The third kappa shape index (κ3) is 4.81. The molecule has 1 atom stereocenters. The van der Waals surface area contributed by atoms with Crippen LogP contribution in [-0.4, -0.2) is 50.8 Å². The molecule has 1 aliphatic rings. The SMILES string of the molecule is COc1ccc(C(CNC(=O)c2ccc(F)cc2F)N2CCOCC2)cc1. The second kappa shape index (κ2) is 8.92. The van der Waals surface area contributed by atoms with E-state index in [9.17, 15) is 13.6 Å². The van der Waals surface area contributed by atoms with E-state index in [1.807, 2.05) is 24.3 Å². The molecule has 27 heavy (non-hydrogen) atoms. The number of carbonyl (C=O) groups excluding carboxylic acids is 1. The van der Waals surface area contributed by atoms with E-state index in [-0.39, 0.29) is 11.6 Å². The highest BCUT2D eigenvalue weighted by Crippen LogP contribution is 2.24. The number of carbonyl (C=O) groups is 1. The van der Waals surface area contributed by atoms with Gasteiger partial charge in [-0.25, -0.2) is 8.78 Å². The third-order valence-electron chi connectivity index (χ3n) is 4.62. The van der Waals surface area contributed by atoms with Crippen molar-refractivity contribution in [3.8, 4) is 5.75 Å². The van der Waals surface area contributed by atoms with Crippen LogP contribution in [0.4, 0.5) is 8.78 Å².